The summed E-state index contributed by atoms with van der Waals surface area (Å²) >= 11 is 0. The highest BCUT2D eigenvalue weighted by atomic mass is 16.5. The number of amides is 2. The molecule has 2 aromatic rings. The number of anilines is 2. The van der Waals surface area contributed by atoms with Gasteiger partial charge in [-0.1, -0.05) is 0 Å². The Labute approximate surface area is 137 Å². The van der Waals surface area contributed by atoms with Crippen molar-refractivity contribution in [2.24, 2.45) is 5.73 Å². The van der Waals surface area contributed by atoms with E-state index in [1.165, 1.54) is 6.33 Å². The number of benzene rings is 1. The lowest BCUT2D eigenvalue weighted by Crippen LogP contribution is -2.40. The molecule has 0 bridgehead atoms. The molecule has 0 atom stereocenters. The minimum atomic E-state index is -0.725. The number of ether oxygens (including phenoxy) is 1. The van der Waals surface area contributed by atoms with E-state index in [4.69, 9.17) is 10.5 Å². The molecule has 3 rings (SSSR count). The molecule has 0 saturated carbocycles. The van der Waals surface area contributed by atoms with E-state index in [1.54, 1.807) is 29.2 Å². The van der Waals surface area contributed by atoms with Crippen molar-refractivity contribution < 1.29 is 14.3 Å². The van der Waals surface area contributed by atoms with Crippen molar-refractivity contribution in [3.05, 3.63) is 41.9 Å². The van der Waals surface area contributed by atoms with E-state index in [1.807, 2.05) is 0 Å². The highest BCUT2D eigenvalue weighted by molar-refractivity contribution is 5.96. The highest BCUT2D eigenvalue weighted by Gasteiger charge is 2.18. The van der Waals surface area contributed by atoms with Gasteiger partial charge in [-0.25, -0.2) is 4.98 Å². The SMILES string of the molecule is NC(=O)c1nncnc1Nc1ccc(C(=O)N2CCOCC2)cc1. The Morgan fingerprint density at radius 2 is 1.88 bits per heavy atom. The number of primary amides is 1. The third-order valence-electron chi connectivity index (χ3n) is 3.55. The van der Waals surface area contributed by atoms with E-state index >= 15 is 0 Å². The first-order valence-electron chi connectivity index (χ1n) is 7.37. The topological polar surface area (TPSA) is 123 Å². The Morgan fingerprint density at radius 1 is 1.17 bits per heavy atom. The first-order valence-corrected chi connectivity index (χ1v) is 7.37. The van der Waals surface area contributed by atoms with Gasteiger partial charge in [-0.2, -0.15) is 0 Å². The average molecular weight is 328 g/mol. The third kappa shape index (κ3) is 3.46. The number of nitrogens with zero attached hydrogens (tertiary/aromatic N) is 4. The number of nitrogens with one attached hydrogen (secondary N) is 1. The molecule has 1 saturated heterocycles. The fourth-order valence-electron chi connectivity index (χ4n) is 2.31. The first kappa shape index (κ1) is 15.8. The monoisotopic (exact) mass is 328 g/mol. The lowest BCUT2D eigenvalue weighted by molar-refractivity contribution is 0.0303. The van der Waals surface area contributed by atoms with Crippen LogP contribution in [0.25, 0.3) is 0 Å². The van der Waals surface area contributed by atoms with Crippen LogP contribution >= 0.6 is 0 Å². The van der Waals surface area contributed by atoms with Crippen LogP contribution in [0.5, 0.6) is 0 Å². The smallest absolute Gasteiger partial charge is 0.273 e. The van der Waals surface area contributed by atoms with Gasteiger partial charge < -0.3 is 20.7 Å². The van der Waals surface area contributed by atoms with Crippen LogP contribution in [0.2, 0.25) is 0 Å². The molecule has 2 heterocycles. The van der Waals surface area contributed by atoms with Gasteiger partial charge in [0, 0.05) is 24.3 Å². The molecule has 9 nitrogen and oxygen atoms in total. The predicted molar refractivity (Wildman–Crippen MR) is 84.8 cm³/mol. The number of carbonyl (C=O) groups excluding carboxylic acids is 2. The van der Waals surface area contributed by atoms with Gasteiger partial charge in [0.1, 0.15) is 6.33 Å². The number of morpholine rings is 1. The minimum absolute atomic E-state index is 0.0358. The molecule has 1 aliphatic heterocycles. The van der Waals surface area contributed by atoms with E-state index < -0.39 is 5.91 Å². The van der Waals surface area contributed by atoms with Gasteiger partial charge in [-0.15, -0.1) is 10.2 Å². The average Bonchev–Trinajstić information content (AvgIpc) is 2.63. The van der Waals surface area contributed by atoms with Crippen molar-refractivity contribution in [3.63, 3.8) is 0 Å². The molecule has 3 N–H and O–H groups in total. The Morgan fingerprint density at radius 3 is 2.54 bits per heavy atom. The van der Waals surface area contributed by atoms with E-state index in [0.29, 0.717) is 37.6 Å². The fraction of sp³-hybridized carbons (Fsp3) is 0.267. The zero-order valence-electron chi connectivity index (χ0n) is 12.8. The lowest BCUT2D eigenvalue weighted by Gasteiger charge is -2.26. The zero-order valence-corrected chi connectivity index (χ0v) is 12.8. The molecule has 0 spiro atoms. The molecule has 1 aromatic heterocycles. The molecular formula is C15H16N6O3. The summed E-state index contributed by atoms with van der Waals surface area (Å²) in [5.74, 6) is -0.548. The van der Waals surface area contributed by atoms with Crippen LogP contribution in [0.1, 0.15) is 20.8 Å². The van der Waals surface area contributed by atoms with E-state index in [2.05, 4.69) is 20.5 Å². The zero-order chi connectivity index (χ0) is 16.9. The Hall–Kier alpha value is -3.07. The largest absolute Gasteiger partial charge is 0.378 e. The van der Waals surface area contributed by atoms with Crippen molar-refractivity contribution in [2.75, 3.05) is 31.6 Å². The second-order valence-electron chi connectivity index (χ2n) is 5.13. The molecule has 1 aromatic carbocycles. The van der Waals surface area contributed by atoms with Gasteiger partial charge in [-0.05, 0) is 24.3 Å². The second kappa shape index (κ2) is 7.01. The maximum absolute atomic E-state index is 12.4. The van der Waals surface area contributed by atoms with Crippen molar-refractivity contribution in [3.8, 4) is 0 Å². The second-order valence-corrected chi connectivity index (χ2v) is 5.13. The standard InChI is InChI=1S/C15H16N6O3/c16-13(22)12-14(17-9-18-20-12)19-11-3-1-10(2-4-11)15(23)21-5-7-24-8-6-21/h1-4,9H,5-8H2,(H2,16,22)(H,17,18,19). The summed E-state index contributed by atoms with van der Waals surface area (Å²) in [5, 5.41) is 10.1. The number of rotatable bonds is 4. The van der Waals surface area contributed by atoms with Gasteiger partial charge in [0.25, 0.3) is 11.8 Å². The van der Waals surface area contributed by atoms with Crippen molar-refractivity contribution in [1.82, 2.24) is 20.1 Å². The summed E-state index contributed by atoms with van der Waals surface area (Å²) in [7, 11) is 0. The van der Waals surface area contributed by atoms with Gasteiger partial charge in [0.15, 0.2) is 11.5 Å². The number of hydrogen-bond acceptors (Lipinski definition) is 7. The summed E-state index contributed by atoms with van der Waals surface area (Å²) in [6, 6.07) is 6.86. The first-order chi connectivity index (χ1) is 11.6. The molecule has 2 amide bonds. The van der Waals surface area contributed by atoms with E-state index in [0.717, 1.165) is 0 Å². The molecule has 124 valence electrons. The van der Waals surface area contributed by atoms with Gasteiger partial charge in [-0.3, -0.25) is 9.59 Å². The number of carbonyl (C=O) groups is 2. The molecule has 9 heteroatoms. The van der Waals surface area contributed by atoms with Gasteiger partial charge >= 0.3 is 0 Å². The molecule has 1 fully saturated rings. The van der Waals surface area contributed by atoms with Crippen LogP contribution in [0.15, 0.2) is 30.6 Å². The summed E-state index contributed by atoms with van der Waals surface area (Å²) in [4.78, 5) is 29.4. The Bertz CT molecular complexity index is 743. The minimum Gasteiger partial charge on any atom is -0.378 e. The summed E-state index contributed by atoms with van der Waals surface area (Å²) in [6.07, 6.45) is 1.21. The molecule has 0 radical (unpaired) electrons. The summed E-state index contributed by atoms with van der Waals surface area (Å²) < 4.78 is 5.24. The van der Waals surface area contributed by atoms with Crippen molar-refractivity contribution in [1.29, 1.82) is 0 Å². The maximum Gasteiger partial charge on any atom is 0.273 e. The quantitative estimate of drug-likeness (QED) is 0.821. The Kier molecular flexibility index (Phi) is 4.62. The molecule has 24 heavy (non-hydrogen) atoms. The van der Waals surface area contributed by atoms with Crippen molar-refractivity contribution >= 4 is 23.3 Å². The van der Waals surface area contributed by atoms with Crippen LogP contribution < -0.4 is 11.1 Å². The van der Waals surface area contributed by atoms with E-state index in [9.17, 15) is 9.59 Å². The third-order valence-corrected chi connectivity index (χ3v) is 3.55. The van der Waals surface area contributed by atoms with Crippen LogP contribution in [0.4, 0.5) is 11.5 Å². The highest BCUT2D eigenvalue weighted by Crippen LogP contribution is 2.18. The van der Waals surface area contributed by atoms with Crippen LogP contribution in [0.3, 0.4) is 0 Å². The lowest BCUT2D eigenvalue weighted by atomic mass is 10.1. The van der Waals surface area contributed by atoms with E-state index in [-0.39, 0.29) is 17.4 Å². The van der Waals surface area contributed by atoms with Gasteiger partial charge in [0.05, 0.1) is 13.2 Å². The number of nitrogens with two attached hydrogens (primary N) is 1. The molecular weight excluding hydrogens is 312 g/mol. The number of aromatic nitrogens is 3. The maximum atomic E-state index is 12.4. The predicted octanol–water partition coefficient (Wildman–Crippen LogP) is 0.186. The van der Waals surface area contributed by atoms with Gasteiger partial charge in [0.2, 0.25) is 0 Å². The molecule has 1 aliphatic rings. The van der Waals surface area contributed by atoms with Crippen molar-refractivity contribution in [2.45, 2.75) is 0 Å². The Balaban J connectivity index is 1.73. The normalized spacial score (nSPS) is 14.2. The fourth-order valence-corrected chi connectivity index (χ4v) is 2.31. The van der Waals surface area contributed by atoms with Crippen LogP contribution in [0, 0.1) is 0 Å². The number of hydrogen-bond donors (Lipinski definition) is 2. The molecule has 0 unspecified atom stereocenters. The van der Waals surface area contributed by atoms with Crippen LogP contribution in [-0.2, 0) is 4.74 Å². The summed E-state index contributed by atoms with van der Waals surface area (Å²) in [5.41, 5.74) is 6.41. The molecule has 0 aliphatic carbocycles. The summed E-state index contributed by atoms with van der Waals surface area (Å²) in [6.45, 7) is 2.30. The van der Waals surface area contributed by atoms with Crippen LogP contribution in [-0.4, -0.2) is 58.2 Å².